The van der Waals surface area contributed by atoms with E-state index >= 15 is 0 Å². The highest BCUT2D eigenvalue weighted by atomic mass is 15.3. The van der Waals surface area contributed by atoms with Gasteiger partial charge < -0.3 is 9.88 Å². The molecule has 1 aliphatic carbocycles. The Morgan fingerprint density at radius 3 is 2.83 bits per heavy atom. The largest absolute Gasteiger partial charge is 0.312 e. The highest BCUT2D eigenvalue weighted by Gasteiger charge is 2.37. The maximum absolute atomic E-state index is 4.56. The number of hydrogen-bond acceptors (Lipinski definition) is 3. The van der Waals surface area contributed by atoms with Gasteiger partial charge in [-0.25, -0.2) is 0 Å². The van der Waals surface area contributed by atoms with Gasteiger partial charge in [0.1, 0.15) is 11.6 Å². The van der Waals surface area contributed by atoms with E-state index in [0.29, 0.717) is 6.04 Å². The minimum atomic E-state index is 0.277. The molecule has 18 heavy (non-hydrogen) atoms. The fourth-order valence-corrected chi connectivity index (χ4v) is 3.58. The van der Waals surface area contributed by atoms with Gasteiger partial charge in [-0.15, -0.1) is 10.2 Å². The molecule has 0 spiro atoms. The minimum Gasteiger partial charge on any atom is -0.312 e. The SMILES string of the molecule is CCCC1NCCn2c1nnc2C1(C)CCCC1. The molecule has 1 fully saturated rings. The van der Waals surface area contributed by atoms with E-state index in [2.05, 4.69) is 33.9 Å². The van der Waals surface area contributed by atoms with E-state index in [4.69, 9.17) is 0 Å². The van der Waals surface area contributed by atoms with Crippen LogP contribution < -0.4 is 5.32 Å². The second kappa shape index (κ2) is 4.65. The third-order valence-corrected chi connectivity index (χ3v) is 4.64. The minimum absolute atomic E-state index is 0.277. The van der Waals surface area contributed by atoms with E-state index in [0.717, 1.165) is 19.5 Å². The molecule has 1 N–H and O–H groups in total. The van der Waals surface area contributed by atoms with Gasteiger partial charge in [-0.1, -0.05) is 33.1 Å². The normalized spacial score (nSPS) is 26.2. The molecule has 0 amide bonds. The van der Waals surface area contributed by atoms with Gasteiger partial charge in [0.25, 0.3) is 0 Å². The number of nitrogens with zero attached hydrogens (tertiary/aromatic N) is 3. The quantitative estimate of drug-likeness (QED) is 0.894. The van der Waals surface area contributed by atoms with Crippen molar-refractivity contribution in [1.82, 2.24) is 20.1 Å². The molecule has 3 rings (SSSR count). The number of aromatic nitrogens is 3. The van der Waals surface area contributed by atoms with Crippen molar-refractivity contribution in [1.29, 1.82) is 0 Å². The van der Waals surface area contributed by atoms with Crippen molar-refractivity contribution >= 4 is 0 Å². The van der Waals surface area contributed by atoms with Gasteiger partial charge in [0.15, 0.2) is 0 Å². The predicted octanol–water partition coefficient (Wildman–Crippen LogP) is 2.55. The summed E-state index contributed by atoms with van der Waals surface area (Å²) in [5, 5.41) is 12.6. The van der Waals surface area contributed by atoms with E-state index < -0.39 is 0 Å². The Bertz CT molecular complexity index is 417. The van der Waals surface area contributed by atoms with Gasteiger partial charge in [0.2, 0.25) is 0 Å². The van der Waals surface area contributed by atoms with Crippen LogP contribution in [0.5, 0.6) is 0 Å². The molecule has 2 heterocycles. The van der Waals surface area contributed by atoms with Crippen LogP contribution in [0.2, 0.25) is 0 Å². The number of hydrogen-bond donors (Lipinski definition) is 1. The zero-order chi connectivity index (χ0) is 12.6. The Morgan fingerprint density at radius 2 is 2.11 bits per heavy atom. The molecule has 1 saturated carbocycles. The molecule has 1 aromatic rings. The molecule has 1 aliphatic heterocycles. The molecular weight excluding hydrogens is 224 g/mol. The Morgan fingerprint density at radius 1 is 1.33 bits per heavy atom. The molecule has 4 nitrogen and oxygen atoms in total. The van der Waals surface area contributed by atoms with E-state index in [1.165, 1.54) is 43.8 Å². The lowest BCUT2D eigenvalue weighted by Gasteiger charge is -2.29. The molecular formula is C14H24N4. The van der Waals surface area contributed by atoms with E-state index in [1.54, 1.807) is 0 Å². The first kappa shape index (κ1) is 12.2. The van der Waals surface area contributed by atoms with Crippen molar-refractivity contribution in [3.8, 4) is 0 Å². The van der Waals surface area contributed by atoms with Crippen LogP contribution in [0, 0.1) is 0 Å². The fourth-order valence-electron chi connectivity index (χ4n) is 3.58. The van der Waals surface area contributed by atoms with E-state index in [9.17, 15) is 0 Å². The summed E-state index contributed by atoms with van der Waals surface area (Å²) >= 11 is 0. The fraction of sp³-hybridized carbons (Fsp3) is 0.857. The van der Waals surface area contributed by atoms with Crippen LogP contribution in [0.25, 0.3) is 0 Å². The maximum atomic E-state index is 4.56. The molecule has 0 aromatic carbocycles. The zero-order valence-corrected chi connectivity index (χ0v) is 11.6. The average molecular weight is 248 g/mol. The Kier molecular flexibility index (Phi) is 3.14. The standard InChI is InChI=1S/C14H24N4/c1-3-6-11-12-16-17-13(18(12)10-9-15-11)14(2)7-4-5-8-14/h11,15H,3-10H2,1-2H3. The zero-order valence-electron chi connectivity index (χ0n) is 11.6. The smallest absolute Gasteiger partial charge is 0.150 e. The summed E-state index contributed by atoms with van der Waals surface area (Å²) in [4.78, 5) is 0. The lowest BCUT2D eigenvalue weighted by Crippen LogP contribution is -2.36. The highest BCUT2D eigenvalue weighted by Crippen LogP contribution is 2.40. The molecule has 1 unspecified atom stereocenters. The van der Waals surface area contributed by atoms with Gasteiger partial charge in [-0.3, -0.25) is 0 Å². The summed E-state index contributed by atoms with van der Waals surface area (Å²) in [7, 11) is 0. The van der Waals surface area contributed by atoms with Crippen molar-refractivity contribution < 1.29 is 0 Å². The van der Waals surface area contributed by atoms with Crippen molar-refractivity contribution in [2.75, 3.05) is 6.54 Å². The van der Waals surface area contributed by atoms with Crippen LogP contribution in [0.4, 0.5) is 0 Å². The Labute approximate surface area is 109 Å². The van der Waals surface area contributed by atoms with Gasteiger partial charge in [0, 0.05) is 18.5 Å². The molecule has 4 heteroatoms. The Balaban J connectivity index is 1.94. The van der Waals surface area contributed by atoms with Crippen LogP contribution in [-0.4, -0.2) is 21.3 Å². The van der Waals surface area contributed by atoms with Crippen molar-refractivity contribution in [3.05, 3.63) is 11.6 Å². The highest BCUT2D eigenvalue weighted by molar-refractivity contribution is 5.14. The van der Waals surface area contributed by atoms with E-state index in [-0.39, 0.29) is 5.41 Å². The van der Waals surface area contributed by atoms with Crippen molar-refractivity contribution in [3.63, 3.8) is 0 Å². The van der Waals surface area contributed by atoms with Crippen molar-refractivity contribution in [2.24, 2.45) is 0 Å². The molecule has 0 bridgehead atoms. The maximum Gasteiger partial charge on any atom is 0.150 e. The average Bonchev–Trinajstić information content (AvgIpc) is 2.97. The van der Waals surface area contributed by atoms with Gasteiger partial charge in [-0.2, -0.15) is 0 Å². The van der Waals surface area contributed by atoms with Gasteiger partial charge in [0.05, 0.1) is 6.04 Å². The number of nitrogens with one attached hydrogen (secondary N) is 1. The van der Waals surface area contributed by atoms with Crippen LogP contribution >= 0.6 is 0 Å². The van der Waals surface area contributed by atoms with Crippen LogP contribution in [0.15, 0.2) is 0 Å². The lowest BCUT2D eigenvalue weighted by atomic mass is 9.87. The molecule has 1 aromatic heterocycles. The third kappa shape index (κ3) is 1.87. The van der Waals surface area contributed by atoms with Crippen molar-refractivity contribution in [2.45, 2.75) is 70.4 Å². The van der Waals surface area contributed by atoms with Crippen LogP contribution in [-0.2, 0) is 12.0 Å². The molecule has 0 radical (unpaired) electrons. The molecule has 0 saturated heterocycles. The van der Waals surface area contributed by atoms with Crippen LogP contribution in [0.3, 0.4) is 0 Å². The molecule has 2 aliphatic rings. The second-order valence-electron chi connectivity index (χ2n) is 6.10. The summed E-state index contributed by atoms with van der Waals surface area (Å²) in [6.07, 6.45) is 7.59. The second-order valence-corrected chi connectivity index (χ2v) is 6.10. The topological polar surface area (TPSA) is 42.7 Å². The van der Waals surface area contributed by atoms with Gasteiger partial charge >= 0.3 is 0 Å². The monoisotopic (exact) mass is 248 g/mol. The lowest BCUT2D eigenvalue weighted by molar-refractivity contribution is 0.362. The summed E-state index contributed by atoms with van der Waals surface area (Å²) < 4.78 is 2.40. The first-order valence-corrected chi connectivity index (χ1v) is 7.41. The molecule has 1 atom stereocenters. The number of fused-ring (bicyclic) bond motifs is 1. The summed E-state index contributed by atoms with van der Waals surface area (Å²) in [5.74, 6) is 2.42. The first-order valence-electron chi connectivity index (χ1n) is 7.41. The third-order valence-electron chi connectivity index (χ3n) is 4.64. The summed E-state index contributed by atoms with van der Waals surface area (Å²) in [5.41, 5.74) is 0.277. The number of rotatable bonds is 3. The van der Waals surface area contributed by atoms with E-state index in [1.807, 2.05) is 0 Å². The van der Waals surface area contributed by atoms with Crippen LogP contribution in [0.1, 0.15) is 70.1 Å². The summed E-state index contributed by atoms with van der Waals surface area (Å²) in [6.45, 7) is 6.69. The summed E-state index contributed by atoms with van der Waals surface area (Å²) in [6, 6.07) is 0.412. The first-order chi connectivity index (χ1) is 8.74. The predicted molar refractivity (Wildman–Crippen MR) is 71.5 cm³/mol. The van der Waals surface area contributed by atoms with Gasteiger partial charge in [-0.05, 0) is 19.3 Å². The Hall–Kier alpha value is -0.900. The molecule has 100 valence electrons.